The molecule has 2 fully saturated rings. The molecule has 0 aliphatic carbocycles. The molecule has 0 saturated carbocycles. The van der Waals surface area contributed by atoms with Crippen LogP contribution in [-0.2, 0) is 9.53 Å². The van der Waals surface area contributed by atoms with Gasteiger partial charge in [0.05, 0.1) is 0 Å². The van der Waals surface area contributed by atoms with Gasteiger partial charge in [-0.25, -0.2) is 0 Å². The van der Waals surface area contributed by atoms with E-state index in [4.69, 9.17) is 4.74 Å². The zero-order chi connectivity index (χ0) is 9.80. The summed E-state index contributed by atoms with van der Waals surface area (Å²) in [6.45, 7) is 2.57. The van der Waals surface area contributed by atoms with Crippen molar-refractivity contribution in [2.45, 2.75) is 37.8 Å². The standard InChI is InChI=1S/C10H18N2O2/c13-10(9-4-2-6-14-9)12-7-8-3-1-5-11-8/h8-9,11H,1-7H2,(H,12,13). The number of ether oxygens (including phenoxy) is 1. The quantitative estimate of drug-likeness (QED) is 0.673. The average Bonchev–Trinajstić information content (AvgIpc) is 2.87. The van der Waals surface area contributed by atoms with Crippen molar-refractivity contribution in [3.8, 4) is 0 Å². The fraction of sp³-hybridized carbons (Fsp3) is 0.900. The molecule has 2 rings (SSSR count). The van der Waals surface area contributed by atoms with Crippen LogP contribution in [0.1, 0.15) is 25.7 Å². The van der Waals surface area contributed by atoms with Crippen molar-refractivity contribution in [2.75, 3.05) is 19.7 Å². The lowest BCUT2D eigenvalue weighted by molar-refractivity contribution is -0.130. The Morgan fingerprint density at radius 3 is 3.00 bits per heavy atom. The highest BCUT2D eigenvalue weighted by molar-refractivity contribution is 5.80. The van der Waals surface area contributed by atoms with Gasteiger partial charge in [0.2, 0.25) is 5.91 Å². The Kier molecular flexibility index (Phi) is 3.37. The minimum atomic E-state index is -0.184. The van der Waals surface area contributed by atoms with E-state index >= 15 is 0 Å². The van der Waals surface area contributed by atoms with Crippen LogP contribution in [0.15, 0.2) is 0 Å². The van der Waals surface area contributed by atoms with E-state index in [1.807, 2.05) is 0 Å². The molecule has 2 heterocycles. The smallest absolute Gasteiger partial charge is 0.249 e. The maximum absolute atomic E-state index is 11.5. The summed E-state index contributed by atoms with van der Waals surface area (Å²) in [5.41, 5.74) is 0. The normalized spacial score (nSPS) is 32.0. The fourth-order valence-corrected chi connectivity index (χ4v) is 2.05. The van der Waals surface area contributed by atoms with Crippen molar-refractivity contribution >= 4 is 5.91 Å². The number of rotatable bonds is 3. The summed E-state index contributed by atoms with van der Waals surface area (Å²) in [5, 5.41) is 6.29. The minimum Gasteiger partial charge on any atom is -0.368 e. The third-order valence-corrected chi connectivity index (χ3v) is 2.91. The molecule has 2 atom stereocenters. The summed E-state index contributed by atoms with van der Waals surface area (Å²) in [6, 6.07) is 0.473. The monoisotopic (exact) mass is 198 g/mol. The summed E-state index contributed by atoms with van der Waals surface area (Å²) in [7, 11) is 0. The first-order valence-corrected chi connectivity index (χ1v) is 5.49. The van der Waals surface area contributed by atoms with Crippen molar-refractivity contribution in [1.82, 2.24) is 10.6 Å². The Labute approximate surface area is 84.4 Å². The van der Waals surface area contributed by atoms with Crippen LogP contribution in [-0.4, -0.2) is 37.7 Å². The predicted molar refractivity (Wildman–Crippen MR) is 53.0 cm³/mol. The minimum absolute atomic E-state index is 0.0659. The highest BCUT2D eigenvalue weighted by atomic mass is 16.5. The predicted octanol–water partition coefficient (Wildman–Crippen LogP) is 0.0336. The third-order valence-electron chi connectivity index (χ3n) is 2.91. The number of carbonyl (C=O) groups excluding carboxylic acids is 1. The lowest BCUT2D eigenvalue weighted by Gasteiger charge is -2.14. The van der Waals surface area contributed by atoms with Crippen molar-refractivity contribution in [1.29, 1.82) is 0 Å². The summed E-state index contributed by atoms with van der Waals surface area (Å²) in [4.78, 5) is 11.5. The van der Waals surface area contributed by atoms with E-state index in [0.29, 0.717) is 6.04 Å². The molecular weight excluding hydrogens is 180 g/mol. The van der Waals surface area contributed by atoms with Crippen molar-refractivity contribution in [3.05, 3.63) is 0 Å². The highest BCUT2D eigenvalue weighted by Gasteiger charge is 2.24. The first-order chi connectivity index (χ1) is 6.86. The number of hydrogen-bond acceptors (Lipinski definition) is 3. The van der Waals surface area contributed by atoms with Gasteiger partial charge in [0.25, 0.3) is 0 Å². The van der Waals surface area contributed by atoms with Gasteiger partial charge in [-0.3, -0.25) is 4.79 Å². The van der Waals surface area contributed by atoms with E-state index in [1.54, 1.807) is 0 Å². The number of carbonyl (C=O) groups is 1. The molecule has 0 aromatic rings. The Morgan fingerprint density at radius 1 is 1.43 bits per heavy atom. The first-order valence-electron chi connectivity index (χ1n) is 5.49. The second-order valence-corrected chi connectivity index (χ2v) is 4.04. The van der Waals surface area contributed by atoms with Crippen LogP contribution in [0, 0.1) is 0 Å². The van der Waals surface area contributed by atoms with Crippen LogP contribution >= 0.6 is 0 Å². The lowest BCUT2D eigenvalue weighted by Crippen LogP contribution is -2.41. The van der Waals surface area contributed by atoms with Crippen molar-refractivity contribution in [2.24, 2.45) is 0 Å². The van der Waals surface area contributed by atoms with Gasteiger partial charge < -0.3 is 15.4 Å². The van der Waals surface area contributed by atoms with Gasteiger partial charge in [0.1, 0.15) is 6.10 Å². The first kappa shape index (κ1) is 9.93. The summed E-state index contributed by atoms with van der Waals surface area (Å²) >= 11 is 0. The highest BCUT2D eigenvalue weighted by Crippen LogP contribution is 2.12. The van der Waals surface area contributed by atoms with Gasteiger partial charge in [0, 0.05) is 19.2 Å². The van der Waals surface area contributed by atoms with Crippen LogP contribution < -0.4 is 10.6 Å². The van der Waals surface area contributed by atoms with E-state index in [-0.39, 0.29) is 12.0 Å². The molecule has 0 radical (unpaired) electrons. The van der Waals surface area contributed by atoms with Gasteiger partial charge in [-0.2, -0.15) is 0 Å². The molecule has 0 aromatic carbocycles. The van der Waals surface area contributed by atoms with Crippen molar-refractivity contribution < 1.29 is 9.53 Å². The van der Waals surface area contributed by atoms with Crippen LogP contribution in [0.4, 0.5) is 0 Å². The van der Waals surface area contributed by atoms with Crippen molar-refractivity contribution in [3.63, 3.8) is 0 Å². The Morgan fingerprint density at radius 2 is 2.36 bits per heavy atom. The largest absolute Gasteiger partial charge is 0.368 e. The van der Waals surface area contributed by atoms with Gasteiger partial charge >= 0.3 is 0 Å². The maximum atomic E-state index is 11.5. The Hall–Kier alpha value is -0.610. The van der Waals surface area contributed by atoms with Crippen LogP contribution in [0.5, 0.6) is 0 Å². The molecule has 1 amide bonds. The second-order valence-electron chi connectivity index (χ2n) is 4.04. The van der Waals surface area contributed by atoms with E-state index in [2.05, 4.69) is 10.6 Å². The van der Waals surface area contributed by atoms with Gasteiger partial charge in [-0.05, 0) is 32.2 Å². The van der Waals surface area contributed by atoms with Crippen LogP contribution in [0.3, 0.4) is 0 Å². The number of hydrogen-bond donors (Lipinski definition) is 2. The maximum Gasteiger partial charge on any atom is 0.249 e. The zero-order valence-corrected chi connectivity index (χ0v) is 8.42. The van der Waals surface area contributed by atoms with Crippen LogP contribution in [0.25, 0.3) is 0 Å². The molecule has 0 spiro atoms. The van der Waals surface area contributed by atoms with E-state index in [0.717, 1.165) is 32.5 Å². The topological polar surface area (TPSA) is 50.4 Å². The zero-order valence-electron chi connectivity index (χ0n) is 8.42. The molecule has 2 saturated heterocycles. The van der Waals surface area contributed by atoms with Crippen LogP contribution in [0.2, 0.25) is 0 Å². The average molecular weight is 198 g/mol. The summed E-state index contributed by atoms with van der Waals surface area (Å²) in [6.07, 6.45) is 4.10. The van der Waals surface area contributed by atoms with Gasteiger partial charge in [0.15, 0.2) is 0 Å². The van der Waals surface area contributed by atoms with Gasteiger partial charge in [-0.15, -0.1) is 0 Å². The molecule has 4 heteroatoms. The molecule has 14 heavy (non-hydrogen) atoms. The fourth-order valence-electron chi connectivity index (χ4n) is 2.05. The third kappa shape index (κ3) is 2.45. The van der Waals surface area contributed by atoms with E-state index in [9.17, 15) is 4.79 Å². The van der Waals surface area contributed by atoms with E-state index < -0.39 is 0 Å². The molecule has 0 bridgehead atoms. The van der Waals surface area contributed by atoms with E-state index in [1.165, 1.54) is 12.8 Å². The van der Waals surface area contributed by atoms with Gasteiger partial charge in [-0.1, -0.05) is 0 Å². The summed E-state index contributed by atoms with van der Waals surface area (Å²) < 4.78 is 5.30. The SMILES string of the molecule is O=C(NCC1CCCN1)C1CCCO1. The molecular formula is C10H18N2O2. The second kappa shape index (κ2) is 4.75. The molecule has 2 aliphatic rings. The molecule has 4 nitrogen and oxygen atoms in total. The molecule has 0 aromatic heterocycles. The molecule has 2 unspecified atom stereocenters. The Balaban J connectivity index is 1.66. The number of nitrogens with one attached hydrogen (secondary N) is 2. The molecule has 2 aliphatic heterocycles. The summed E-state index contributed by atoms with van der Waals surface area (Å²) in [5.74, 6) is 0.0659. The lowest BCUT2D eigenvalue weighted by atomic mass is 10.2. The number of amides is 1. The molecule has 80 valence electrons. The Bertz CT molecular complexity index is 196. The molecule has 2 N–H and O–H groups in total.